The lowest BCUT2D eigenvalue weighted by Crippen LogP contribution is -2.34. The molecule has 0 aromatic heterocycles. The first-order chi connectivity index (χ1) is 10.2. The summed E-state index contributed by atoms with van der Waals surface area (Å²) in [5.74, 6) is -2.03. The van der Waals surface area contributed by atoms with Crippen molar-refractivity contribution in [1.82, 2.24) is 0 Å². The first kappa shape index (κ1) is 16.4. The average Bonchev–Trinajstić information content (AvgIpc) is 3.04. The fraction of sp³-hybridized carbons (Fsp3) is 0.909. The number of carbonyl (C=O) groups excluding carboxylic acids is 1. The molecule has 2 aliphatic carbocycles. The molecular formula is C11H13F2O7S2-. The van der Waals surface area contributed by atoms with E-state index in [4.69, 9.17) is 0 Å². The lowest BCUT2D eigenvalue weighted by molar-refractivity contribution is -0.777. The highest BCUT2D eigenvalue weighted by molar-refractivity contribution is 7.95. The van der Waals surface area contributed by atoms with E-state index in [-0.39, 0.29) is 28.8 Å². The van der Waals surface area contributed by atoms with Crippen LogP contribution in [0.4, 0.5) is 8.78 Å². The zero-order chi connectivity index (χ0) is 16.1. The highest BCUT2D eigenvalue weighted by Crippen LogP contribution is 2.59. The van der Waals surface area contributed by atoms with Crippen LogP contribution in [0.25, 0.3) is 0 Å². The number of esters is 1. The molecule has 0 N–H and O–H groups in total. The summed E-state index contributed by atoms with van der Waals surface area (Å²) in [7, 11) is -3.18. The maximum Gasteiger partial charge on any atom is 0.354 e. The van der Waals surface area contributed by atoms with E-state index in [1.165, 1.54) is 0 Å². The number of hydrogen-bond donors (Lipinski definition) is 0. The summed E-state index contributed by atoms with van der Waals surface area (Å²) in [6.07, 6.45) is 1.04. The smallest absolute Gasteiger partial charge is 0.354 e. The van der Waals surface area contributed by atoms with E-state index in [2.05, 4.69) is 14.1 Å². The van der Waals surface area contributed by atoms with E-state index < -0.39 is 45.6 Å². The molecule has 11 heteroatoms. The summed E-state index contributed by atoms with van der Waals surface area (Å²) in [4.78, 5) is 12.1. The van der Waals surface area contributed by atoms with Crippen LogP contribution >= 0.6 is 12.0 Å². The number of sulfone groups is 1. The summed E-state index contributed by atoms with van der Waals surface area (Å²) in [5, 5.41) is 8.32. The number of halogens is 2. The number of ether oxygens (including phenoxy) is 1. The Morgan fingerprint density at radius 2 is 2.05 bits per heavy atom. The van der Waals surface area contributed by atoms with Gasteiger partial charge in [0.1, 0.15) is 12.0 Å². The van der Waals surface area contributed by atoms with Crippen LogP contribution in [0.15, 0.2) is 0 Å². The molecule has 5 atom stereocenters. The van der Waals surface area contributed by atoms with Crippen LogP contribution in [-0.2, 0) is 28.7 Å². The van der Waals surface area contributed by atoms with Crippen LogP contribution in [-0.4, -0.2) is 37.3 Å². The van der Waals surface area contributed by atoms with E-state index in [0.717, 1.165) is 0 Å². The van der Waals surface area contributed by atoms with E-state index in [0.29, 0.717) is 12.8 Å². The lowest BCUT2D eigenvalue weighted by Gasteiger charge is -2.25. The third-order valence-corrected chi connectivity index (χ3v) is 7.63. The zero-order valence-electron chi connectivity index (χ0n) is 11.1. The Morgan fingerprint density at radius 3 is 2.73 bits per heavy atom. The third-order valence-electron chi connectivity index (χ3n) is 4.83. The molecule has 2 saturated carbocycles. The minimum Gasteiger partial charge on any atom is -0.691 e. The number of alkyl halides is 2. The van der Waals surface area contributed by atoms with Gasteiger partial charge in [-0.1, -0.05) is 0 Å². The monoisotopic (exact) mass is 359 g/mol. The predicted octanol–water partition coefficient (Wildman–Crippen LogP) is 0.0633. The third kappa shape index (κ3) is 2.73. The van der Waals surface area contributed by atoms with Gasteiger partial charge in [-0.25, -0.2) is 8.42 Å². The van der Waals surface area contributed by atoms with E-state index in [1.807, 2.05) is 0 Å². The van der Waals surface area contributed by atoms with Gasteiger partial charge in [-0.3, -0.25) is 9.83 Å². The Bertz CT molecular complexity index is 567. The minimum absolute atomic E-state index is 0.0559. The molecule has 3 aliphatic rings. The van der Waals surface area contributed by atoms with E-state index in [9.17, 15) is 27.3 Å². The quantitative estimate of drug-likeness (QED) is 0.284. The zero-order valence-corrected chi connectivity index (χ0v) is 12.8. The first-order valence-corrected chi connectivity index (χ1v) is 9.11. The van der Waals surface area contributed by atoms with Gasteiger partial charge in [-0.15, -0.1) is 0 Å². The average molecular weight is 359 g/mol. The van der Waals surface area contributed by atoms with E-state index >= 15 is 0 Å². The maximum absolute atomic E-state index is 13.2. The van der Waals surface area contributed by atoms with Crippen molar-refractivity contribution >= 4 is 27.8 Å². The van der Waals surface area contributed by atoms with Gasteiger partial charge >= 0.3 is 11.2 Å². The topological polar surface area (TPSA) is 102 Å². The van der Waals surface area contributed by atoms with Crippen LogP contribution in [0, 0.1) is 23.7 Å². The molecule has 5 unspecified atom stereocenters. The van der Waals surface area contributed by atoms with Crippen molar-refractivity contribution in [2.24, 2.45) is 23.7 Å². The van der Waals surface area contributed by atoms with Crippen molar-refractivity contribution in [2.75, 3.05) is 12.4 Å². The standard InChI is InChI=1S/C11H14F2O7S2/c12-11(13,21-20-19-15)4-18-10(14)9-5-1-6-7(9)3-22(16,17)8(6)2-5/h5-9,15H,1-4H2/p-1. The van der Waals surface area contributed by atoms with Crippen molar-refractivity contribution in [3.05, 3.63) is 0 Å². The fourth-order valence-corrected chi connectivity index (χ4v) is 7.03. The maximum atomic E-state index is 13.2. The molecule has 126 valence electrons. The van der Waals surface area contributed by atoms with Gasteiger partial charge in [0.15, 0.2) is 16.4 Å². The highest BCUT2D eigenvalue weighted by Gasteiger charge is 2.64. The Balaban J connectivity index is 1.61. The van der Waals surface area contributed by atoms with Gasteiger partial charge in [-0.05, 0) is 30.6 Å². The molecule has 2 bridgehead atoms. The molecule has 0 aromatic carbocycles. The van der Waals surface area contributed by atoms with Gasteiger partial charge in [0.05, 0.1) is 16.9 Å². The Hall–Kier alpha value is -0.490. The molecule has 3 rings (SSSR count). The Morgan fingerprint density at radius 1 is 1.32 bits per heavy atom. The van der Waals surface area contributed by atoms with Gasteiger partial charge in [-0.2, -0.15) is 13.1 Å². The molecule has 1 heterocycles. The van der Waals surface area contributed by atoms with Gasteiger partial charge < -0.3 is 9.99 Å². The van der Waals surface area contributed by atoms with E-state index in [1.54, 1.807) is 0 Å². The number of hydrogen-bond acceptors (Lipinski definition) is 8. The first-order valence-electron chi connectivity index (χ1n) is 6.65. The van der Waals surface area contributed by atoms with Crippen molar-refractivity contribution in [2.45, 2.75) is 23.3 Å². The number of carbonyl (C=O) groups is 1. The second kappa shape index (κ2) is 5.55. The predicted molar refractivity (Wildman–Crippen MR) is 66.4 cm³/mol. The highest BCUT2D eigenvalue weighted by atomic mass is 32.2. The number of fused-ring (bicyclic) bond motifs is 1. The molecule has 1 saturated heterocycles. The second-order valence-electron chi connectivity index (χ2n) is 5.92. The largest absolute Gasteiger partial charge is 0.691 e. The molecule has 0 amide bonds. The van der Waals surface area contributed by atoms with Crippen molar-refractivity contribution < 1.29 is 41.4 Å². The van der Waals surface area contributed by atoms with Crippen LogP contribution < -0.4 is 5.26 Å². The van der Waals surface area contributed by atoms with Crippen molar-refractivity contribution in [1.29, 1.82) is 0 Å². The van der Waals surface area contributed by atoms with Crippen LogP contribution in [0.3, 0.4) is 0 Å². The summed E-state index contributed by atoms with van der Waals surface area (Å²) in [6.45, 7) is -1.27. The summed E-state index contributed by atoms with van der Waals surface area (Å²) >= 11 is -0.548. The molecule has 22 heavy (non-hydrogen) atoms. The fourth-order valence-electron chi connectivity index (χ4n) is 4.17. The van der Waals surface area contributed by atoms with Crippen LogP contribution in [0.1, 0.15) is 12.8 Å². The van der Waals surface area contributed by atoms with Crippen molar-refractivity contribution in [3.63, 3.8) is 0 Å². The van der Waals surface area contributed by atoms with Gasteiger partial charge in [0.25, 0.3) is 0 Å². The van der Waals surface area contributed by atoms with Gasteiger partial charge in [0.2, 0.25) is 0 Å². The molecule has 0 radical (unpaired) electrons. The normalized spacial score (nSPS) is 38.4. The minimum atomic E-state index is -3.62. The molecule has 1 aliphatic heterocycles. The summed E-state index contributed by atoms with van der Waals surface area (Å²) in [5.41, 5.74) is 0. The second-order valence-corrected chi connectivity index (χ2v) is 9.08. The van der Waals surface area contributed by atoms with Crippen molar-refractivity contribution in [3.8, 4) is 0 Å². The summed E-state index contributed by atoms with van der Waals surface area (Å²) in [6, 6.07) is 0. The SMILES string of the molecule is O=C(OCC(F)(F)SOO[O-])C1C2CC3C1CS(=O)(=O)C3C2. The lowest BCUT2D eigenvalue weighted by atomic mass is 9.80. The molecule has 0 aromatic rings. The summed E-state index contributed by atoms with van der Waals surface area (Å²) < 4.78 is 58.4. The van der Waals surface area contributed by atoms with Crippen LogP contribution in [0.5, 0.6) is 0 Å². The van der Waals surface area contributed by atoms with Gasteiger partial charge in [0, 0.05) is 0 Å². The molecular weight excluding hydrogens is 346 g/mol. The number of rotatable bonds is 6. The Labute approximate surface area is 129 Å². The molecule has 0 spiro atoms. The molecule has 7 nitrogen and oxygen atoms in total. The van der Waals surface area contributed by atoms with Crippen LogP contribution in [0.2, 0.25) is 0 Å². The Kier molecular flexibility index (Phi) is 4.13. The molecule has 3 fully saturated rings.